The number of halogens is 2. The standard InChI is InChI=1S/C19H20Cl2N2O3S/c1-13-2-8-17(9-3-13)27(25,26)23(12-19(24)22-16-6-7-16)11-14-4-5-15(20)10-18(14)21/h2-5,8-10,16H,6-7,11-12H2,1H3,(H,22,24). The molecule has 1 saturated carbocycles. The zero-order valence-electron chi connectivity index (χ0n) is 14.8. The van der Waals surface area contributed by atoms with Gasteiger partial charge in [-0.25, -0.2) is 8.42 Å². The van der Waals surface area contributed by atoms with E-state index < -0.39 is 10.0 Å². The molecule has 0 atom stereocenters. The Bertz CT molecular complexity index is 942. The SMILES string of the molecule is Cc1ccc(S(=O)(=O)N(CC(=O)NC2CC2)Cc2ccc(Cl)cc2Cl)cc1. The number of amides is 1. The van der Waals surface area contributed by atoms with Gasteiger partial charge < -0.3 is 5.32 Å². The predicted molar refractivity (Wildman–Crippen MR) is 106 cm³/mol. The van der Waals surface area contributed by atoms with Crippen molar-refractivity contribution >= 4 is 39.1 Å². The van der Waals surface area contributed by atoms with Crippen LogP contribution in [0.3, 0.4) is 0 Å². The Kier molecular flexibility index (Phi) is 6.11. The third-order valence-electron chi connectivity index (χ3n) is 4.28. The molecule has 8 heteroatoms. The summed E-state index contributed by atoms with van der Waals surface area (Å²) in [6.45, 7) is 1.58. The average molecular weight is 427 g/mol. The van der Waals surface area contributed by atoms with Crippen LogP contribution in [0.1, 0.15) is 24.0 Å². The summed E-state index contributed by atoms with van der Waals surface area (Å²) in [7, 11) is -3.87. The van der Waals surface area contributed by atoms with Crippen LogP contribution in [-0.4, -0.2) is 31.2 Å². The normalized spacial score (nSPS) is 14.4. The molecule has 0 radical (unpaired) electrons. The second-order valence-corrected chi connectivity index (χ2v) is 9.45. The monoisotopic (exact) mass is 426 g/mol. The van der Waals surface area contributed by atoms with Crippen molar-refractivity contribution in [3.8, 4) is 0 Å². The molecule has 0 heterocycles. The molecule has 5 nitrogen and oxygen atoms in total. The molecule has 2 aromatic rings. The van der Waals surface area contributed by atoms with E-state index in [0.717, 1.165) is 22.7 Å². The van der Waals surface area contributed by atoms with Gasteiger partial charge in [0.1, 0.15) is 0 Å². The molecular formula is C19H20Cl2N2O3S. The van der Waals surface area contributed by atoms with Crippen LogP contribution in [0.4, 0.5) is 0 Å². The molecule has 27 heavy (non-hydrogen) atoms. The smallest absolute Gasteiger partial charge is 0.243 e. The van der Waals surface area contributed by atoms with Crippen LogP contribution in [0.5, 0.6) is 0 Å². The zero-order valence-corrected chi connectivity index (χ0v) is 17.1. The molecule has 1 N–H and O–H groups in total. The Morgan fingerprint density at radius 3 is 2.41 bits per heavy atom. The minimum absolute atomic E-state index is 0.0235. The van der Waals surface area contributed by atoms with Gasteiger partial charge >= 0.3 is 0 Å². The summed E-state index contributed by atoms with van der Waals surface area (Å²) in [6, 6.07) is 11.6. The molecule has 0 aliphatic heterocycles. The number of rotatable bonds is 7. The highest BCUT2D eigenvalue weighted by Gasteiger charge is 2.30. The first-order valence-corrected chi connectivity index (χ1v) is 10.8. The van der Waals surface area contributed by atoms with Crippen molar-refractivity contribution in [2.75, 3.05) is 6.54 Å². The lowest BCUT2D eigenvalue weighted by Gasteiger charge is -2.22. The van der Waals surface area contributed by atoms with Crippen molar-refractivity contribution in [1.82, 2.24) is 9.62 Å². The van der Waals surface area contributed by atoms with Gasteiger partial charge in [-0.2, -0.15) is 4.31 Å². The Labute approximate surface area is 169 Å². The lowest BCUT2D eigenvalue weighted by molar-refractivity contribution is -0.121. The molecule has 0 aromatic heterocycles. The molecule has 0 bridgehead atoms. The molecule has 144 valence electrons. The van der Waals surface area contributed by atoms with Gasteiger partial charge in [0.05, 0.1) is 11.4 Å². The Morgan fingerprint density at radius 2 is 1.81 bits per heavy atom. The topological polar surface area (TPSA) is 66.5 Å². The quantitative estimate of drug-likeness (QED) is 0.732. The van der Waals surface area contributed by atoms with Crippen molar-refractivity contribution in [3.63, 3.8) is 0 Å². The summed E-state index contributed by atoms with van der Waals surface area (Å²) in [6.07, 6.45) is 1.86. The predicted octanol–water partition coefficient (Wildman–Crippen LogP) is 3.77. The van der Waals surface area contributed by atoms with Gasteiger partial charge in [0, 0.05) is 22.6 Å². The van der Waals surface area contributed by atoms with E-state index in [2.05, 4.69) is 5.32 Å². The van der Waals surface area contributed by atoms with Crippen LogP contribution >= 0.6 is 23.2 Å². The number of nitrogens with zero attached hydrogens (tertiary/aromatic N) is 1. The Morgan fingerprint density at radius 1 is 1.15 bits per heavy atom. The van der Waals surface area contributed by atoms with Gasteiger partial charge in [-0.3, -0.25) is 4.79 Å². The maximum absolute atomic E-state index is 13.1. The number of aryl methyl sites for hydroxylation is 1. The van der Waals surface area contributed by atoms with E-state index in [9.17, 15) is 13.2 Å². The fraction of sp³-hybridized carbons (Fsp3) is 0.316. The highest BCUT2D eigenvalue weighted by molar-refractivity contribution is 7.89. The summed E-state index contributed by atoms with van der Waals surface area (Å²) in [5, 5.41) is 3.64. The molecule has 2 aromatic carbocycles. The number of nitrogens with one attached hydrogen (secondary N) is 1. The molecule has 0 spiro atoms. The maximum Gasteiger partial charge on any atom is 0.243 e. The maximum atomic E-state index is 13.1. The van der Waals surface area contributed by atoms with Gasteiger partial charge in [0.2, 0.25) is 15.9 Å². The molecule has 0 saturated heterocycles. The number of carbonyl (C=O) groups is 1. The van der Waals surface area contributed by atoms with Crippen LogP contribution < -0.4 is 5.32 Å². The van der Waals surface area contributed by atoms with Crippen molar-refractivity contribution in [3.05, 3.63) is 63.6 Å². The van der Waals surface area contributed by atoms with Crippen LogP contribution in [0.2, 0.25) is 10.0 Å². The fourth-order valence-electron chi connectivity index (χ4n) is 2.59. The second-order valence-electron chi connectivity index (χ2n) is 6.66. The van der Waals surface area contributed by atoms with E-state index in [-0.39, 0.29) is 29.9 Å². The van der Waals surface area contributed by atoms with Crippen LogP contribution in [-0.2, 0) is 21.4 Å². The van der Waals surface area contributed by atoms with Gasteiger partial charge in [0.25, 0.3) is 0 Å². The van der Waals surface area contributed by atoms with E-state index in [4.69, 9.17) is 23.2 Å². The number of carbonyl (C=O) groups excluding carboxylic acids is 1. The van der Waals surface area contributed by atoms with E-state index in [0.29, 0.717) is 15.6 Å². The van der Waals surface area contributed by atoms with E-state index in [1.807, 2.05) is 6.92 Å². The van der Waals surface area contributed by atoms with Gasteiger partial charge in [-0.1, -0.05) is 47.0 Å². The first-order valence-electron chi connectivity index (χ1n) is 8.56. The van der Waals surface area contributed by atoms with E-state index >= 15 is 0 Å². The number of hydrogen-bond donors (Lipinski definition) is 1. The Hall–Kier alpha value is -1.60. The highest BCUT2D eigenvalue weighted by Crippen LogP contribution is 2.25. The molecule has 1 fully saturated rings. The summed E-state index contributed by atoms with van der Waals surface area (Å²) in [5.74, 6) is -0.321. The van der Waals surface area contributed by atoms with Crippen molar-refractivity contribution in [2.24, 2.45) is 0 Å². The van der Waals surface area contributed by atoms with Gasteiger partial charge in [0.15, 0.2) is 0 Å². The number of hydrogen-bond acceptors (Lipinski definition) is 3. The second kappa shape index (κ2) is 8.19. The molecule has 0 unspecified atom stereocenters. The van der Waals surface area contributed by atoms with Crippen molar-refractivity contribution < 1.29 is 13.2 Å². The van der Waals surface area contributed by atoms with Crippen molar-refractivity contribution in [1.29, 1.82) is 0 Å². The average Bonchev–Trinajstić information content (AvgIpc) is 3.40. The summed E-state index contributed by atoms with van der Waals surface area (Å²) < 4.78 is 27.4. The van der Waals surface area contributed by atoms with Gasteiger partial charge in [-0.15, -0.1) is 0 Å². The summed E-state index contributed by atoms with van der Waals surface area (Å²) >= 11 is 12.1. The third-order valence-corrected chi connectivity index (χ3v) is 6.68. The lowest BCUT2D eigenvalue weighted by Crippen LogP contribution is -2.41. The zero-order chi connectivity index (χ0) is 19.6. The first kappa shape index (κ1) is 20.1. The first-order chi connectivity index (χ1) is 12.8. The minimum atomic E-state index is -3.87. The molecule has 1 aliphatic carbocycles. The van der Waals surface area contributed by atoms with Crippen LogP contribution in [0, 0.1) is 6.92 Å². The van der Waals surface area contributed by atoms with E-state index in [1.165, 1.54) is 0 Å². The fourth-order valence-corrected chi connectivity index (χ4v) is 4.43. The summed E-state index contributed by atoms with van der Waals surface area (Å²) in [4.78, 5) is 12.4. The lowest BCUT2D eigenvalue weighted by atomic mass is 10.2. The summed E-state index contributed by atoms with van der Waals surface area (Å²) in [5.41, 5.74) is 1.53. The highest BCUT2D eigenvalue weighted by atomic mass is 35.5. The Balaban J connectivity index is 1.90. The van der Waals surface area contributed by atoms with Crippen LogP contribution in [0.25, 0.3) is 0 Å². The number of benzene rings is 2. The molecular weight excluding hydrogens is 407 g/mol. The third kappa shape index (κ3) is 5.23. The molecule has 1 aliphatic rings. The van der Waals surface area contributed by atoms with E-state index in [1.54, 1.807) is 42.5 Å². The molecule has 1 amide bonds. The molecule has 3 rings (SSSR count). The van der Waals surface area contributed by atoms with Gasteiger partial charge in [-0.05, 0) is 49.6 Å². The minimum Gasteiger partial charge on any atom is -0.352 e. The number of sulfonamides is 1. The largest absolute Gasteiger partial charge is 0.352 e. The van der Waals surface area contributed by atoms with Crippen LogP contribution in [0.15, 0.2) is 47.4 Å². The van der Waals surface area contributed by atoms with Crippen molar-refractivity contribution in [2.45, 2.75) is 37.2 Å².